The normalized spacial score (nSPS) is 17.5. The number of carbonyl (C=O) groups is 1. The molecule has 1 aromatic carbocycles. The number of alkyl carbamates (subject to hydrolysis) is 1. The first-order chi connectivity index (χ1) is 10.6. The Bertz CT molecular complexity index is 538. The number of carbonyl (C=O) groups excluding carboxylic acids is 1. The molecule has 0 spiro atoms. The molecule has 1 atom stereocenters. The maximum atomic E-state index is 11.4. The Morgan fingerprint density at radius 3 is 2.91 bits per heavy atom. The third kappa shape index (κ3) is 5.13. The Kier molecular flexibility index (Phi) is 5.84. The van der Waals surface area contributed by atoms with Crippen molar-refractivity contribution in [2.45, 2.75) is 13.0 Å². The number of hydrogen-bond donors (Lipinski definition) is 2. The molecule has 0 unspecified atom stereocenters. The predicted molar refractivity (Wildman–Crippen MR) is 80.8 cm³/mol. The minimum atomic E-state index is -0.605. The molecule has 8 heteroatoms. The molecule has 1 heterocycles. The van der Waals surface area contributed by atoms with Gasteiger partial charge >= 0.3 is 6.09 Å². The number of non-ortho nitro benzene ring substituents is 1. The molecule has 0 aliphatic carbocycles. The van der Waals surface area contributed by atoms with Gasteiger partial charge < -0.3 is 10.1 Å². The first-order valence-corrected chi connectivity index (χ1v) is 7.01. The molecule has 1 fully saturated rings. The van der Waals surface area contributed by atoms with Crippen molar-refractivity contribution in [1.29, 1.82) is 0 Å². The molecule has 1 aromatic rings. The molecule has 0 radical (unpaired) electrons. The van der Waals surface area contributed by atoms with Crippen molar-refractivity contribution in [3.63, 3.8) is 0 Å². The summed E-state index contributed by atoms with van der Waals surface area (Å²) in [6, 6.07) is 5.83. The minimum Gasteiger partial charge on any atom is -0.444 e. The topological polar surface area (TPSA) is 106 Å². The second-order valence-electron chi connectivity index (χ2n) is 5.00. The number of nitrogens with zero attached hydrogens (tertiary/aromatic N) is 2. The fourth-order valence-electron chi connectivity index (χ4n) is 2.07. The molecule has 0 bridgehead atoms. The van der Waals surface area contributed by atoms with Crippen LogP contribution in [0.25, 0.3) is 0 Å². The van der Waals surface area contributed by atoms with Gasteiger partial charge in [0.25, 0.3) is 5.69 Å². The smallest absolute Gasteiger partial charge is 0.412 e. The Morgan fingerprint density at radius 1 is 1.50 bits per heavy atom. The number of nitro groups is 1. The van der Waals surface area contributed by atoms with Gasteiger partial charge in [0, 0.05) is 18.7 Å². The van der Waals surface area contributed by atoms with Crippen molar-refractivity contribution in [3.05, 3.63) is 39.9 Å². The maximum absolute atomic E-state index is 11.4. The zero-order valence-electron chi connectivity index (χ0n) is 12.0. The number of amides is 1. The van der Waals surface area contributed by atoms with Gasteiger partial charge in [-0.25, -0.2) is 4.79 Å². The Morgan fingerprint density at radius 2 is 2.27 bits per heavy atom. The zero-order chi connectivity index (χ0) is 15.8. The Balaban J connectivity index is 1.66. The van der Waals surface area contributed by atoms with Crippen LogP contribution in [0.5, 0.6) is 0 Å². The average Bonchev–Trinajstić information content (AvgIpc) is 3.03. The highest BCUT2D eigenvalue weighted by Crippen LogP contribution is 2.12. The molecule has 0 saturated carbocycles. The number of rotatable bonds is 6. The van der Waals surface area contributed by atoms with Gasteiger partial charge in [0.2, 0.25) is 0 Å². The summed E-state index contributed by atoms with van der Waals surface area (Å²) in [6.07, 6.45) is 1.84. The highest BCUT2D eigenvalue weighted by atomic mass is 16.6. The van der Waals surface area contributed by atoms with Crippen molar-refractivity contribution < 1.29 is 14.5 Å². The Hall–Kier alpha value is -2.48. The predicted octanol–water partition coefficient (Wildman–Crippen LogP) is 1.46. The summed E-state index contributed by atoms with van der Waals surface area (Å²) in [6.45, 7) is 2.70. The summed E-state index contributed by atoms with van der Waals surface area (Å²) in [7, 11) is 0. The van der Waals surface area contributed by atoms with Gasteiger partial charge in [0.15, 0.2) is 0 Å². The van der Waals surface area contributed by atoms with E-state index in [1.807, 2.05) is 0 Å². The number of nitrogens with one attached hydrogen (secondary N) is 2. The lowest BCUT2D eigenvalue weighted by molar-refractivity contribution is -0.384. The van der Waals surface area contributed by atoms with Gasteiger partial charge in [-0.05, 0) is 43.1 Å². The van der Waals surface area contributed by atoms with E-state index in [2.05, 4.69) is 15.6 Å². The maximum Gasteiger partial charge on any atom is 0.412 e. The fraction of sp³-hybridized carbons (Fsp3) is 0.429. The summed E-state index contributed by atoms with van der Waals surface area (Å²) >= 11 is 0. The van der Waals surface area contributed by atoms with E-state index in [4.69, 9.17) is 4.74 Å². The van der Waals surface area contributed by atoms with Crippen LogP contribution in [0.1, 0.15) is 12.0 Å². The van der Waals surface area contributed by atoms with Crippen molar-refractivity contribution >= 4 is 18.1 Å². The lowest BCUT2D eigenvalue weighted by Gasteiger charge is -2.05. The number of aliphatic imine (C=N–C) groups is 1. The summed E-state index contributed by atoms with van der Waals surface area (Å²) in [5, 5.41) is 16.2. The van der Waals surface area contributed by atoms with Crippen LogP contribution < -0.4 is 10.6 Å². The van der Waals surface area contributed by atoms with Crippen molar-refractivity contribution in [2.75, 3.05) is 19.6 Å². The second kappa shape index (κ2) is 8.08. The van der Waals surface area contributed by atoms with Crippen molar-refractivity contribution in [2.24, 2.45) is 10.9 Å². The number of nitro benzene ring substituents is 1. The van der Waals surface area contributed by atoms with E-state index in [-0.39, 0.29) is 12.3 Å². The van der Waals surface area contributed by atoms with Crippen LogP contribution in [-0.4, -0.2) is 37.0 Å². The van der Waals surface area contributed by atoms with E-state index in [0.717, 1.165) is 19.5 Å². The molecule has 1 amide bonds. The summed E-state index contributed by atoms with van der Waals surface area (Å²) < 4.78 is 4.98. The molecule has 2 rings (SSSR count). The average molecular weight is 306 g/mol. The van der Waals surface area contributed by atoms with E-state index in [1.165, 1.54) is 18.5 Å². The second-order valence-corrected chi connectivity index (χ2v) is 5.00. The lowest BCUT2D eigenvalue weighted by Crippen LogP contribution is -2.23. The summed E-state index contributed by atoms with van der Waals surface area (Å²) in [4.78, 5) is 25.6. The number of hydrogen-bond acceptors (Lipinski definition) is 6. The first kappa shape index (κ1) is 15.9. The summed E-state index contributed by atoms with van der Waals surface area (Å²) in [5.74, 6) is 0.522. The third-order valence-corrected chi connectivity index (χ3v) is 3.32. The molecule has 1 saturated heterocycles. The molecular formula is C14H18N4O4. The van der Waals surface area contributed by atoms with Crippen LogP contribution in [-0.2, 0) is 11.3 Å². The molecular weight excluding hydrogens is 288 g/mol. The lowest BCUT2D eigenvalue weighted by atomic mass is 10.1. The fourth-order valence-corrected chi connectivity index (χ4v) is 2.07. The SMILES string of the molecule is O=C(NC=NC[C@H]1CCNC1)OCc1ccc([N+](=O)[O-])cc1. The largest absolute Gasteiger partial charge is 0.444 e. The highest BCUT2D eigenvalue weighted by Gasteiger charge is 2.12. The first-order valence-electron chi connectivity index (χ1n) is 7.01. The molecule has 22 heavy (non-hydrogen) atoms. The zero-order valence-corrected chi connectivity index (χ0v) is 12.0. The van der Waals surface area contributed by atoms with Crippen LogP contribution in [0.3, 0.4) is 0 Å². The number of benzene rings is 1. The molecule has 1 aliphatic rings. The van der Waals surface area contributed by atoms with Gasteiger partial charge in [-0.2, -0.15) is 0 Å². The van der Waals surface area contributed by atoms with Crippen molar-refractivity contribution in [1.82, 2.24) is 10.6 Å². The molecule has 1 aliphatic heterocycles. The van der Waals surface area contributed by atoms with Crippen LogP contribution in [0, 0.1) is 16.0 Å². The summed E-state index contributed by atoms with van der Waals surface area (Å²) in [5.41, 5.74) is 0.677. The van der Waals surface area contributed by atoms with Crippen molar-refractivity contribution in [3.8, 4) is 0 Å². The van der Waals surface area contributed by atoms with Crippen LogP contribution >= 0.6 is 0 Å². The van der Waals surface area contributed by atoms with E-state index in [0.29, 0.717) is 18.0 Å². The van der Waals surface area contributed by atoms with E-state index >= 15 is 0 Å². The minimum absolute atomic E-state index is 0.00161. The standard InChI is InChI=1S/C14H18N4O4/c19-14(17-10-16-8-12-5-6-15-7-12)22-9-11-1-3-13(4-2-11)18(20)21/h1-4,10,12,15H,5-9H2,(H,16,17,19)/t12-/m0/s1. The van der Waals surface area contributed by atoms with Gasteiger partial charge in [0.1, 0.15) is 6.61 Å². The number of ether oxygens (including phenoxy) is 1. The molecule has 118 valence electrons. The van der Waals surface area contributed by atoms with Gasteiger partial charge in [-0.1, -0.05) is 0 Å². The van der Waals surface area contributed by atoms with Gasteiger partial charge in [-0.3, -0.25) is 20.4 Å². The van der Waals surface area contributed by atoms with E-state index in [1.54, 1.807) is 12.1 Å². The Labute approximate surface area is 127 Å². The van der Waals surface area contributed by atoms with E-state index in [9.17, 15) is 14.9 Å². The van der Waals surface area contributed by atoms with Crippen LogP contribution in [0.15, 0.2) is 29.3 Å². The van der Waals surface area contributed by atoms with Crippen LogP contribution in [0.4, 0.5) is 10.5 Å². The van der Waals surface area contributed by atoms with Gasteiger partial charge in [0.05, 0.1) is 11.3 Å². The molecule has 2 N–H and O–H groups in total. The van der Waals surface area contributed by atoms with Gasteiger partial charge in [-0.15, -0.1) is 0 Å². The monoisotopic (exact) mass is 306 g/mol. The quantitative estimate of drug-likeness (QED) is 0.358. The van der Waals surface area contributed by atoms with E-state index < -0.39 is 11.0 Å². The third-order valence-electron chi connectivity index (χ3n) is 3.32. The molecule has 8 nitrogen and oxygen atoms in total. The highest BCUT2D eigenvalue weighted by molar-refractivity contribution is 5.81. The molecule has 0 aromatic heterocycles. The van der Waals surface area contributed by atoms with Crippen LogP contribution in [0.2, 0.25) is 0 Å².